The number of rotatable bonds is 5. The van der Waals surface area contributed by atoms with Gasteiger partial charge in [0.15, 0.2) is 0 Å². The van der Waals surface area contributed by atoms with Crippen molar-refractivity contribution in [1.29, 1.82) is 0 Å². The number of aliphatic hydroxyl groups is 1. The van der Waals surface area contributed by atoms with Gasteiger partial charge in [0, 0.05) is 15.8 Å². The molecule has 0 fully saturated rings. The Morgan fingerprint density at radius 2 is 1.79 bits per heavy atom. The van der Waals surface area contributed by atoms with Crippen LogP contribution in [0.15, 0.2) is 57.9 Å². The highest BCUT2D eigenvalue weighted by molar-refractivity contribution is 9.10. The van der Waals surface area contributed by atoms with Gasteiger partial charge < -0.3 is 5.11 Å². The molecule has 0 aromatic heterocycles. The molecule has 2 aromatic carbocycles. The summed E-state index contributed by atoms with van der Waals surface area (Å²) in [4.78, 5) is 1.25. The van der Waals surface area contributed by atoms with Crippen LogP contribution in [-0.4, -0.2) is 10.9 Å². The zero-order chi connectivity index (χ0) is 13.7. The third kappa shape index (κ3) is 4.10. The summed E-state index contributed by atoms with van der Waals surface area (Å²) in [5.74, 6) is 1.07. The average molecular weight is 337 g/mol. The van der Waals surface area contributed by atoms with E-state index in [1.165, 1.54) is 4.90 Å². The monoisotopic (exact) mass is 336 g/mol. The van der Waals surface area contributed by atoms with Crippen LogP contribution in [0.4, 0.5) is 0 Å². The van der Waals surface area contributed by atoms with E-state index in [1.807, 2.05) is 48.2 Å². The minimum Gasteiger partial charge on any atom is -0.388 e. The van der Waals surface area contributed by atoms with Crippen molar-refractivity contribution in [2.75, 3.05) is 5.75 Å². The first kappa shape index (κ1) is 14.6. The van der Waals surface area contributed by atoms with Gasteiger partial charge in [-0.25, -0.2) is 0 Å². The third-order valence-corrected chi connectivity index (χ3v) is 4.61. The number of thioether (sulfide) groups is 1. The lowest BCUT2D eigenvalue weighted by Crippen LogP contribution is -2.02. The molecule has 100 valence electrons. The Labute approximate surface area is 127 Å². The Kier molecular flexibility index (Phi) is 5.49. The maximum atomic E-state index is 10.3. The van der Waals surface area contributed by atoms with Gasteiger partial charge in [0.2, 0.25) is 0 Å². The highest BCUT2D eigenvalue weighted by Gasteiger charge is 2.10. The van der Waals surface area contributed by atoms with Crippen molar-refractivity contribution in [1.82, 2.24) is 0 Å². The second-order valence-electron chi connectivity index (χ2n) is 4.31. The molecule has 2 aromatic rings. The summed E-state index contributed by atoms with van der Waals surface area (Å²) < 4.78 is 1.05. The topological polar surface area (TPSA) is 20.2 Å². The number of hydrogen-bond acceptors (Lipinski definition) is 2. The van der Waals surface area contributed by atoms with Crippen LogP contribution in [0, 0.1) is 0 Å². The van der Waals surface area contributed by atoms with Crippen molar-refractivity contribution in [2.45, 2.75) is 24.3 Å². The van der Waals surface area contributed by atoms with Crippen LogP contribution >= 0.6 is 27.7 Å². The summed E-state index contributed by atoms with van der Waals surface area (Å²) in [5.41, 5.74) is 2.10. The molecule has 0 spiro atoms. The van der Waals surface area contributed by atoms with Crippen molar-refractivity contribution >= 4 is 27.7 Å². The highest BCUT2D eigenvalue weighted by atomic mass is 79.9. The number of benzene rings is 2. The summed E-state index contributed by atoms with van der Waals surface area (Å²) in [7, 11) is 0. The molecule has 1 unspecified atom stereocenters. The summed E-state index contributed by atoms with van der Waals surface area (Å²) in [5, 5.41) is 10.3. The summed E-state index contributed by atoms with van der Waals surface area (Å²) in [6, 6.07) is 16.2. The van der Waals surface area contributed by atoms with Gasteiger partial charge in [0.25, 0.3) is 0 Å². The fourth-order valence-electron chi connectivity index (χ4n) is 1.94. The van der Waals surface area contributed by atoms with Crippen LogP contribution in [-0.2, 0) is 6.42 Å². The van der Waals surface area contributed by atoms with Crippen LogP contribution in [0.5, 0.6) is 0 Å². The quantitative estimate of drug-likeness (QED) is 0.788. The molecule has 19 heavy (non-hydrogen) atoms. The van der Waals surface area contributed by atoms with Crippen molar-refractivity contribution in [3.63, 3.8) is 0 Å². The van der Waals surface area contributed by atoms with E-state index in [-0.39, 0.29) is 0 Å². The van der Waals surface area contributed by atoms with Gasteiger partial charge in [-0.15, -0.1) is 11.8 Å². The lowest BCUT2D eigenvalue weighted by atomic mass is 10.0. The Bertz CT molecular complexity index is 525. The van der Waals surface area contributed by atoms with Crippen molar-refractivity contribution in [3.8, 4) is 0 Å². The molecule has 0 heterocycles. The molecular formula is C16H17BrOS. The predicted octanol–water partition coefficient (Wildman–Crippen LogP) is 4.84. The summed E-state index contributed by atoms with van der Waals surface area (Å²) in [6.45, 7) is 2.14. The standard InChI is InChI=1S/C16H17BrOS/c1-2-19-14-9-7-12(8-10-14)16(18)11-13-5-3-4-6-15(13)17/h3-10,16,18H,2,11H2,1H3. The predicted molar refractivity (Wildman–Crippen MR) is 85.6 cm³/mol. The first-order chi connectivity index (χ1) is 9.20. The van der Waals surface area contributed by atoms with E-state index in [0.717, 1.165) is 21.4 Å². The van der Waals surface area contributed by atoms with Gasteiger partial charge in [0.1, 0.15) is 0 Å². The molecule has 0 radical (unpaired) electrons. The van der Waals surface area contributed by atoms with Gasteiger partial charge in [-0.2, -0.15) is 0 Å². The second-order valence-corrected chi connectivity index (χ2v) is 6.51. The number of halogens is 1. The Morgan fingerprint density at radius 1 is 1.11 bits per heavy atom. The van der Waals surface area contributed by atoms with E-state index in [1.54, 1.807) is 0 Å². The number of hydrogen-bond donors (Lipinski definition) is 1. The van der Waals surface area contributed by atoms with Crippen molar-refractivity contribution < 1.29 is 5.11 Å². The molecule has 0 saturated heterocycles. The molecule has 0 aliphatic heterocycles. The molecule has 1 nitrogen and oxygen atoms in total. The molecule has 1 N–H and O–H groups in total. The van der Waals surface area contributed by atoms with E-state index in [0.29, 0.717) is 6.42 Å². The van der Waals surface area contributed by atoms with Crippen LogP contribution < -0.4 is 0 Å². The minimum absolute atomic E-state index is 0.459. The Balaban J connectivity index is 2.07. The van der Waals surface area contributed by atoms with Gasteiger partial charge >= 0.3 is 0 Å². The van der Waals surface area contributed by atoms with Crippen LogP contribution in [0.25, 0.3) is 0 Å². The normalized spacial score (nSPS) is 12.4. The molecule has 0 bridgehead atoms. The van der Waals surface area contributed by atoms with Gasteiger partial charge in [0.05, 0.1) is 6.10 Å². The summed E-state index contributed by atoms with van der Waals surface area (Å²) >= 11 is 5.33. The minimum atomic E-state index is -0.459. The lowest BCUT2D eigenvalue weighted by Gasteiger charge is -2.12. The number of aliphatic hydroxyl groups excluding tert-OH is 1. The Hall–Kier alpha value is -0.770. The summed E-state index contributed by atoms with van der Waals surface area (Å²) in [6.07, 6.45) is 0.168. The van der Waals surface area contributed by atoms with E-state index < -0.39 is 6.10 Å². The van der Waals surface area contributed by atoms with Crippen molar-refractivity contribution in [3.05, 3.63) is 64.1 Å². The highest BCUT2D eigenvalue weighted by Crippen LogP contribution is 2.25. The molecule has 2 rings (SSSR count). The third-order valence-electron chi connectivity index (χ3n) is 2.95. The molecule has 0 amide bonds. The SMILES string of the molecule is CCSc1ccc(C(O)Cc2ccccc2Br)cc1. The van der Waals surface area contributed by atoms with Crippen LogP contribution in [0.3, 0.4) is 0 Å². The second kappa shape index (κ2) is 7.13. The first-order valence-corrected chi connectivity index (χ1v) is 8.12. The molecule has 0 saturated carbocycles. The fraction of sp³-hybridized carbons (Fsp3) is 0.250. The zero-order valence-corrected chi connectivity index (χ0v) is 13.2. The molecule has 1 atom stereocenters. The van der Waals surface area contributed by atoms with E-state index in [9.17, 15) is 5.11 Å². The van der Waals surface area contributed by atoms with E-state index >= 15 is 0 Å². The fourth-order valence-corrected chi connectivity index (χ4v) is 3.05. The zero-order valence-electron chi connectivity index (χ0n) is 10.8. The Morgan fingerprint density at radius 3 is 2.42 bits per heavy atom. The van der Waals surface area contributed by atoms with Gasteiger partial charge in [-0.1, -0.05) is 53.2 Å². The van der Waals surface area contributed by atoms with Crippen LogP contribution in [0.1, 0.15) is 24.2 Å². The van der Waals surface area contributed by atoms with Crippen LogP contribution in [0.2, 0.25) is 0 Å². The van der Waals surface area contributed by atoms with E-state index in [4.69, 9.17) is 0 Å². The maximum absolute atomic E-state index is 10.3. The lowest BCUT2D eigenvalue weighted by molar-refractivity contribution is 0.178. The molecule has 0 aliphatic rings. The molecule has 0 aliphatic carbocycles. The molecule has 3 heteroatoms. The van der Waals surface area contributed by atoms with Gasteiger partial charge in [-0.3, -0.25) is 0 Å². The smallest absolute Gasteiger partial charge is 0.0830 e. The van der Waals surface area contributed by atoms with E-state index in [2.05, 4.69) is 35.0 Å². The first-order valence-electron chi connectivity index (χ1n) is 6.35. The molecular weight excluding hydrogens is 320 g/mol. The average Bonchev–Trinajstić information content (AvgIpc) is 2.42. The van der Waals surface area contributed by atoms with Gasteiger partial charge in [-0.05, 0) is 35.1 Å². The van der Waals surface area contributed by atoms with Crippen molar-refractivity contribution in [2.24, 2.45) is 0 Å². The largest absolute Gasteiger partial charge is 0.388 e. The maximum Gasteiger partial charge on any atom is 0.0830 e.